The van der Waals surface area contributed by atoms with Crippen molar-refractivity contribution >= 4 is 22.8 Å². The van der Waals surface area contributed by atoms with Crippen LogP contribution in [0.4, 0.5) is 10.2 Å². The van der Waals surface area contributed by atoms with Crippen LogP contribution >= 0.6 is 0 Å². The summed E-state index contributed by atoms with van der Waals surface area (Å²) in [6.45, 7) is 1.03. The SMILES string of the molecule is COc1nc2c(C(N)=O)cc(F)cc2n1-c1nc(NCc2ccccc2)c2c(n1)OCC2. The Balaban J connectivity index is 1.66. The Bertz CT molecular complexity index is 1340. The minimum absolute atomic E-state index is 0.0584. The summed E-state index contributed by atoms with van der Waals surface area (Å²) in [5, 5.41) is 3.34. The van der Waals surface area contributed by atoms with E-state index in [4.69, 9.17) is 15.2 Å². The van der Waals surface area contributed by atoms with Crippen LogP contribution in [0.1, 0.15) is 21.5 Å². The lowest BCUT2D eigenvalue weighted by Crippen LogP contribution is -2.12. The predicted octanol–water partition coefficient (Wildman–Crippen LogP) is 2.61. The number of amides is 1. The first-order valence-corrected chi connectivity index (χ1v) is 9.93. The molecule has 10 heteroatoms. The van der Waals surface area contributed by atoms with Crippen LogP contribution in [-0.4, -0.2) is 39.1 Å². The van der Waals surface area contributed by atoms with E-state index < -0.39 is 11.7 Å². The van der Waals surface area contributed by atoms with Crippen LogP contribution in [-0.2, 0) is 13.0 Å². The minimum atomic E-state index is -0.801. The number of hydrogen-bond acceptors (Lipinski definition) is 7. The highest BCUT2D eigenvalue weighted by atomic mass is 19.1. The molecule has 5 rings (SSSR count). The molecular weight excluding hydrogens is 415 g/mol. The van der Waals surface area contributed by atoms with E-state index in [1.54, 1.807) is 0 Å². The van der Waals surface area contributed by atoms with Crippen LogP contribution in [0.15, 0.2) is 42.5 Å². The van der Waals surface area contributed by atoms with Crippen molar-refractivity contribution < 1.29 is 18.7 Å². The van der Waals surface area contributed by atoms with E-state index in [2.05, 4.69) is 20.3 Å². The molecule has 1 amide bonds. The van der Waals surface area contributed by atoms with Gasteiger partial charge in [0.2, 0.25) is 11.8 Å². The molecule has 0 atom stereocenters. The normalized spacial score (nSPS) is 12.4. The lowest BCUT2D eigenvalue weighted by molar-refractivity contribution is 0.100. The monoisotopic (exact) mass is 434 g/mol. The highest BCUT2D eigenvalue weighted by Crippen LogP contribution is 2.33. The summed E-state index contributed by atoms with van der Waals surface area (Å²) in [6.07, 6.45) is 0.662. The molecule has 0 bridgehead atoms. The zero-order chi connectivity index (χ0) is 22.2. The first kappa shape index (κ1) is 19.7. The zero-order valence-corrected chi connectivity index (χ0v) is 17.1. The lowest BCUT2D eigenvalue weighted by Gasteiger charge is -2.13. The van der Waals surface area contributed by atoms with E-state index in [-0.39, 0.29) is 28.6 Å². The summed E-state index contributed by atoms with van der Waals surface area (Å²) in [5.74, 6) is -0.246. The molecule has 0 radical (unpaired) electrons. The third-order valence-corrected chi connectivity index (χ3v) is 5.19. The number of rotatable bonds is 6. The van der Waals surface area contributed by atoms with Gasteiger partial charge in [-0.05, 0) is 11.6 Å². The summed E-state index contributed by atoms with van der Waals surface area (Å²) in [7, 11) is 1.41. The standard InChI is InChI=1S/C22H19FN6O3/c1-31-22-26-17-15(18(24)30)9-13(23)10-16(17)29(22)21-27-19(14-7-8-32-20(14)28-21)25-11-12-5-3-2-4-6-12/h2-6,9-10H,7-8,11H2,1H3,(H2,24,30)(H,25,27,28). The summed E-state index contributed by atoms with van der Waals surface area (Å²) in [4.78, 5) is 25.3. The third kappa shape index (κ3) is 3.35. The number of methoxy groups -OCH3 is 1. The van der Waals surface area contributed by atoms with Crippen molar-refractivity contribution in [1.29, 1.82) is 0 Å². The number of hydrogen-bond donors (Lipinski definition) is 2. The number of benzene rings is 2. The van der Waals surface area contributed by atoms with E-state index >= 15 is 0 Å². The fourth-order valence-corrected chi connectivity index (χ4v) is 3.71. The number of nitrogens with one attached hydrogen (secondary N) is 1. The lowest BCUT2D eigenvalue weighted by atomic mass is 10.1. The van der Waals surface area contributed by atoms with Crippen molar-refractivity contribution in [2.75, 3.05) is 19.0 Å². The zero-order valence-electron chi connectivity index (χ0n) is 17.1. The summed E-state index contributed by atoms with van der Waals surface area (Å²) in [6, 6.07) is 12.2. The minimum Gasteiger partial charge on any atom is -0.477 e. The number of halogens is 1. The number of fused-ring (bicyclic) bond motifs is 2. The van der Waals surface area contributed by atoms with Crippen molar-refractivity contribution in [1.82, 2.24) is 19.5 Å². The van der Waals surface area contributed by atoms with Gasteiger partial charge in [0.25, 0.3) is 5.91 Å². The van der Waals surface area contributed by atoms with Gasteiger partial charge in [0.05, 0.1) is 30.4 Å². The molecule has 0 spiro atoms. The molecule has 32 heavy (non-hydrogen) atoms. The first-order chi connectivity index (χ1) is 15.5. The van der Waals surface area contributed by atoms with Gasteiger partial charge >= 0.3 is 6.01 Å². The van der Waals surface area contributed by atoms with Crippen molar-refractivity contribution in [3.8, 4) is 17.8 Å². The summed E-state index contributed by atoms with van der Waals surface area (Å²) < 4.78 is 26.8. The maximum absolute atomic E-state index is 14.3. The predicted molar refractivity (Wildman–Crippen MR) is 115 cm³/mol. The van der Waals surface area contributed by atoms with Crippen molar-refractivity contribution in [2.45, 2.75) is 13.0 Å². The quantitative estimate of drug-likeness (QED) is 0.479. The van der Waals surface area contributed by atoms with Crippen LogP contribution in [0.25, 0.3) is 17.0 Å². The summed E-state index contributed by atoms with van der Waals surface area (Å²) in [5.41, 5.74) is 7.75. The molecule has 162 valence electrons. The van der Waals surface area contributed by atoms with Crippen LogP contribution in [0.5, 0.6) is 11.9 Å². The molecule has 2 aromatic carbocycles. The molecule has 3 heterocycles. The van der Waals surface area contributed by atoms with Crippen LogP contribution in [0, 0.1) is 5.82 Å². The molecule has 9 nitrogen and oxygen atoms in total. The highest BCUT2D eigenvalue weighted by molar-refractivity contribution is 6.04. The molecule has 0 fully saturated rings. The number of imidazole rings is 1. The molecule has 1 aliphatic rings. The molecule has 2 aromatic heterocycles. The van der Waals surface area contributed by atoms with E-state index in [9.17, 15) is 9.18 Å². The average molecular weight is 434 g/mol. The second-order valence-electron chi connectivity index (χ2n) is 7.21. The van der Waals surface area contributed by atoms with Gasteiger partial charge in [-0.3, -0.25) is 4.79 Å². The Labute approximate surface area is 182 Å². The van der Waals surface area contributed by atoms with Gasteiger partial charge in [0.15, 0.2) is 0 Å². The molecule has 0 saturated heterocycles. The van der Waals surface area contributed by atoms with E-state index in [1.165, 1.54) is 17.7 Å². The number of aromatic nitrogens is 4. The number of carbonyl (C=O) groups is 1. The Hall–Kier alpha value is -4.21. The number of nitrogens with two attached hydrogens (primary N) is 1. The first-order valence-electron chi connectivity index (χ1n) is 9.93. The van der Waals surface area contributed by atoms with Crippen molar-refractivity contribution in [2.24, 2.45) is 5.73 Å². The Morgan fingerprint density at radius 3 is 2.81 bits per heavy atom. The molecule has 0 saturated carbocycles. The number of anilines is 1. The smallest absolute Gasteiger partial charge is 0.304 e. The highest BCUT2D eigenvalue weighted by Gasteiger charge is 2.26. The maximum atomic E-state index is 14.3. The van der Waals surface area contributed by atoms with Gasteiger partial charge in [-0.15, -0.1) is 0 Å². The van der Waals surface area contributed by atoms with Crippen LogP contribution in [0.2, 0.25) is 0 Å². The van der Waals surface area contributed by atoms with Crippen LogP contribution < -0.4 is 20.5 Å². The number of carbonyl (C=O) groups excluding carboxylic acids is 1. The molecular formula is C22H19FN6O3. The number of nitrogens with zero attached hydrogens (tertiary/aromatic N) is 4. The second-order valence-corrected chi connectivity index (χ2v) is 7.21. The Morgan fingerprint density at radius 2 is 2.06 bits per heavy atom. The van der Waals surface area contributed by atoms with Gasteiger partial charge < -0.3 is 20.5 Å². The summed E-state index contributed by atoms with van der Waals surface area (Å²) >= 11 is 0. The molecule has 3 N–H and O–H groups in total. The fourth-order valence-electron chi connectivity index (χ4n) is 3.71. The molecule has 0 aliphatic carbocycles. The van der Waals surface area contributed by atoms with Crippen molar-refractivity contribution in [3.63, 3.8) is 0 Å². The van der Waals surface area contributed by atoms with Gasteiger partial charge in [-0.25, -0.2) is 8.96 Å². The van der Waals surface area contributed by atoms with E-state index in [1.807, 2.05) is 30.3 Å². The topological polar surface area (TPSA) is 117 Å². The average Bonchev–Trinajstić information content (AvgIpc) is 3.41. The molecule has 4 aromatic rings. The van der Waals surface area contributed by atoms with E-state index in [0.717, 1.165) is 17.2 Å². The Kier molecular flexibility index (Phi) is 4.81. The fraction of sp³-hybridized carbons (Fsp3) is 0.182. The van der Waals surface area contributed by atoms with E-state index in [0.29, 0.717) is 31.3 Å². The molecule has 0 unspecified atom stereocenters. The Morgan fingerprint density at radius 1 is 1.25 bits per heavy atom. The third-order valence-electron chi connectivity index (χ3n) is 5.19. The second kappa shape index (κ2) is 7.80. The van der Waals surface area contributed by atoms with Crippen molar-refractivity contribution in [3.05, 3.63) is 65.0 Å². The maximum Gasteiger partial charge on any atom is 0.304 e. The number of ether oxygens (including phenoxy) is 2. The van der Waals surface area contributed by atoms with Gasteiger partial charge in [-0.2, -0.15) is 15.0 Å². The number of primary amides is 1. The van der Waals surface area contributed by atoms with Gasteiger partial charge in [0, 0.05) is 19.0 Å². The van der Waals surface area contributed by atoms with Crippen LogP contribution in [0.3, 0.4) is 0 Å². The van der Waals surface area contributed by atoms with Gasteiger partial charge in [-0.1, -0.05) is 30.3 Å². The van der Waals surface area contributed by atoms with Gasteiger partial charge in [0.1, 0.15) is 17.2 Å². The molecule has 1 aliphatic heterocycles. The largest absolute Gasteiger partial charge is 0.477 e.